The van der Waals surface area contributed by atoms with Crippen LogP contribution in [0.3, 0.4) is 0 Å². The number of ether oxygens (including phenoxy) is 1. The molecule has 15 heteroatoms. The summed E-state index contributed by atoms with van der Waals surface area (Å²) >= 11 is 1.04. The van der Waals surface area contributed by atoms with Gasteiger partial charge in [0.05, 0.1) is 40.1 Å². The summed E-state index contributed by atoms with van der Waals surface area (Å²) in [4.78, 5) is 24.9. The van der Waals surface area contributed by atoms with Gasteiger partial charge in [0.1, 0.15) is 5.82 Å². The fourth-order valence-corrected chi connectivity index (χ4v) is 5.55. The average Bonchev–Trinajstić information content (AvgIpc) is 3.59. The largest absolute Gasteiger partial charge is 0.467 e. The molecule has 1 amide bonds. The van der Waals surface area contributed by atoms with E-state index in [0.717, 1.165) is 23.6 Å². The molecule has 3 aromatic rings. The van der Waals surface area contributed by atoms with Crippen LogP contribution in [0.4, 0.5) is 28.4 Å². The third-order valence-corrected chi connectivity index (χ3v) is 8.13. The Morgan fingerprint density at radius 1 is 1.19 bits per heavy atom. The molecule has 2 N–H and O–H groups in total. The summed E-state index contributed by atoms with van der Waals surface area (Å²) in [5.41, 5.74) is -0.816. The van der Waals surface area contributed by atoms with E-state index < -0.39 is 45.2 Å². The molecule has 1 saturated carbocycles. The lowest BCUT2D eigenvalue weighted by molar-refractivity contribution is -0.154. The highest BCUT2D eigenvalue weighted by Gasteiger charge is 2.37. The molecular weight excluding hydrogens is 538 g/mol. The second-order valence-electron chi connectivity index (χ2n) is 8.80. The van der Waals surface area contributed by atoms with E-state index in [9.17, 15) is 30.8 Å². The maximum absolute atomic E-state index is 14.8. The van der Waals surface area contributed by atoms with Crippen LogP contribution in [-0.4, -0.2) is 47.3 Å². The molecule has 2 aromatic heterocycles. The number of hydrogen-bond donors (Lipinski definition) is 2. The third-order valence-electron chi connectivity index (χ3n) is 5.41. The van der Waals surface area contributed by atoms with Gasteiger partial charge in [0.2, 0.25) is 21.8 Å². The van der Waals surface area contributed by atoms with Gasteiger partial charge in [0.25, 0.3) is 0 Å². The summed E-state index contributed by atoms with van der Waals surface area (Å²) in [5.74, 6) is -1.79. The van der Waals surface area contributed by atoms with Gasteiger partial charge in [-0.2, -0.15) is 13.2 Å². The van der Waals surface area contributed by atoms with Crippen molar-refractivity contribution in [1.29, 1.82) is 0 Å². The zero-order chi connectivity index (χ0) is 27.0. The van der Waals surface area contributed by atoms with Gasteiger partial charge in [-0.3, -0.25) is 14.5 Å². The Balaban J connectivity index is 1.45. The van der Waals surface area contributed by atoms with Crippen LogP contribution in [0.1, 0.15) is 32.4 Å². The van der Waals surface area contributed by atoms with Crippen LogP contribution in [0.5, 0.6) is 5.88 Å². The highest BCUT2D eigenvalue weighted by molar-refractivity contribution is 7.93. The SMILES string of the molecule is CC(C)(C(=O)Nc1ccc(-c2cncc(OCC(F)(F)F)n2)cc1F)c1csc(NS(=O)(=O)C2CC2)n1. The highest BCUT2D eigenvalue weighted by atomic mass is 32.2. The maximum Gasteiger partial charge on any atom is 0.422 e. The number of thiazole rings is 1. The van der Waals surface area contributed by atoms with E-state index in [2.05, 4.69) is 29.7 Å². The monoisotopic (exact) mass is 559 g/mol. The number of aromatic nitrogens is 3. The first-order chi connectivity index (χ1) is 17.2. The van der Waals surface area contributed by atoms with Crippen molar-refractivity contribution < 1.29 is 35.5 Å². The van der Waals surface area contributed by atoms with Crippen LogP contribution in [0.25, 0.3) is 11.3 Å². The molecule has 0 spiro atoms. The summed E-state index contributed by atoms with van der Waals surface area (Å²) in [5, 5.41) is 3.75. The van der Waals surface area contributed by atoms with Crippen molar-refractivity contribution in [3.8, 4) is 17.1 Å². The zero-order valence-electron chi connectivity index (χ0n) is 19.5. The molecule has 1 aromatic carbocycles. The lowest BCUT2D eigenvalue weighted by atomic mass is 9.89. The van der Waals surface area contributed by atoms with Gasteiger partial charge in [-0.15, -0.1) is 11.3 Å². The van der Waals surface area contributed by atoms with E-state index >= 15 is 0 Å². The van der Waals surface area contributed by atoms with Crippen molar-refractivity contribution in [2.75, 3.05) is 16.6 Å². The minimum absolute atomic E-state index is 0.0698. The molecule has 0 radical (unpaired) electrons. The second-order valence-corrected chi connectivity index (χ2v) is 11.6. The molecule has 198 valence electrons. The third kappa shape index (κ3) is 6.52. The Hall–Kier alpha value is -3.33. The van der Waals surface area contributed by atoms with Crippen molar-refractivity contribution in [2.24, 2.45) is 0 Å². The number of nitrogens with zero attached hydrogens (tertiary/aromatic N) is 3. The number of alkyl halides is 3. The second kappa shape index (κ2) is 9.85. The van der Waals surface area contributed by atoms with E-state index in [1.807, 2.05) is 0 Å². The van der Waals surface area contributed by atoms with Gasteiger partial charge in [-0.1, -0.05) is 6.07 Å². The fraction of sp³-hybridized carbons (Fsp3) is 0.364. The van der Waals surface area contributed by atoms with Crippen LogP contribution in [0, 0.1) is 5.82 Å². The predicted octanol–water partition coefficient (Wildman–Crippen LogP) is 4.50. The highest BCUT2D eigenvalue weighted by Crippen LogP contribution is 2.33. The molecule has 1 aliphatic rings. The van der Waals surface area contributed by atoms with E-state index in [1.54, 1.807) is 19.2 Å². The van der Waals surface area contributed by atoms with Gasteiger partial charge in [0.15, 0.2) is 11.7 Å². The standard InChI is InChI=1S/C22H21F4N5O4S2/c1-21(2,17-10-36-20(30-17)31-37(33,34)13-4-5-13)19(32)29-15-6-3-12(7-14(15)23)16-8-27-9-18(28-16)35-11-22(24,25)26/h3,6-10,13H,4-5,11H2,1-2H3,(H,29,32)(H,30,31). The molecule has 0 atom stereocenters. The van der Waals surface area contributed by atoms with Gasteiger partial charge in [-0.05, 0) is 38.8 Å². The topological polar surface area (TPSA) is 123 Å². The number of halogens is 4. The summed E-state index contributed by atoms with van der Waals surface area (Å²) in [6, 6.07) is 3.74. The van der Waals surface area contributed by atoms with Gasteiger partial charge >= 0.3 is 6.18 Å². The molecule has 4 rings (SSSR count). The number of anilines is 2. The molecule has 0 aliphatic heterocycles. The molecule has 1 fully saturated rings. The molecule has 37 heavy (non-hydrogen) atoms. The quantitative estimate of drug-likeness (QED) is 0.370. The van der Waals surface area contributed by atoms with Crippen molar-refractivity contribution in [2.45, 2.75) is 43.5 Å². The number of benzene rings is 1. The summed E-state index contributed by atoms with van der Waals surface area (Å²) in [7, 11) is -3.51. The van der Waals surface area contributed by atoms with E-state index in [1.165, 1.54) is 18.3 Å². The van der Waals surface area contributed by atoms with Gasteiger partial charge < -0.3 is 10.1 Å². The maximum atomic E-state index is 14.8. The van der Waals surface area contributed by atoms with Crippen LogP contribution in [0.2, 0.25) is 0 Å². The number of rotatable bonds is 9. The van der Waals surface area contributed by atoms with Crippen molar-refractivity contribution in [3.05, 3.63) is 47.5 Å². The molecule has 0 saturated heterocycles. The lowest BCUT2D eigenvalue weighted by Crippen LogP contribution is -2.35. The first-order valence-electron chi connectivity index (χ1n) is 10.9. The number of nitrogens with one attached hydrogen (secondary N) is 2. The van der Waals surface area contributed by atoms with Crippen LogP contribution in [-0.2, 0) is 20.2 Å². The number of carbonyl (C=O) groups excluding carboxylic acids is 1. The smallest absolute Gasteiger partial charge is 0.422 e. The average molecular weight is 560 g/mol. The van der Waals surface area contributed by atoms with Gasteiger partial charge in [-0.25, -0.2) is 22.8 Å². The molecule has 1 aliphatic carbocycles. The molecule has 0 bridgehead atoms. The van der Waals surface area contributed by atoms with Crippen LogP contribution in [0.15, 0.2) is 36.0 Å². The zero-order valence-corrected chi connectivity index (χ0v) is 21.1. The Morgan fingerprint density at radius 3 is 2.57 bits per heavy atom. The first-order valence-corrected chi connectivity index (χ1v) is 13.3. The lowest BCUT2D eigenvalue weighted by Gasteiger charge is -2.22. The van der Waals surface area contributed by atoms with E-state index in [0.29, 0.717) is 18.5 Å². The number of hydrogen-bond acceptors (Lipinski definition) is 8. The van der Waals surface area contributed by atoms with Crippen molar-refractivity contribution in [1.82, 2.24) is 15.0 Å². The van der Waals surface area contributed by atoms with Crippen molar-refractivity contribution in [3.63, 3.8) is 0 Å². The van der Waals surface area contributed by atoms with Crippen molar-refractivity contribution >= 4 is 38.1 Å². The fourth-order valence-electron chi connectivity index (χ4n) is 3.07. The molecule has 2 heterocycles. The summed E-state index contributed by atoms with van der Waals surface area (Å²) in [6.45, 7) is 1.57. The Labute approximate surface area is 213 Å². The number of amides is 1. The Bertz CT molecular complexity index is 1420. The normalized spacial score (nSPS) is 14.3. The van der Waals surface area contributed by atoms with Crippen LogP contribution < -0.4 is 14.8 Å². The van der Waals surface area contributed by atoms with Gasteiger partial charge in [0, 0.05) is 10.9 Å². The minimum atomic E-state index is -4.55. The molecule has 9 nitrogen and oxygen atoms in total. The summed E-state index contributed by atoms with van der Waals surface area (Å²) < 4.78 is 83.2. The molecular formula is C22H21F4N5O4S2. The van der Waals surface area contributed by atoms with E-state index in [-0.39, 0.29) is 28.0 Å². The number of sulfonamides is 1. The minimum Gasteiger partial charge on any atom is -0.467 e. The summed E-state index contributed by atoms with van der Waals surface area (Å²) in [6.07, 6.45) is -1.13. The molecule has 0 unspecified atom stereocenters. The number of carbonyl (C=O) groups is 1. The first kappa shape index (κ1) is 26.7. The Kier molecular flexibility index (Phi) is 7.12. The predicted molar refractivity (Wildman–Crippen MR) is 128 cm³/mol. The Morgan fingerprint density at radius 2 is 1.92 bits per heavy atom. The van der Waals surface area contributed by atoms with Crippen LogP contribution >= 0.6 is 11.3 Å². The van der Waals surface area contributed by atoms with E-state index in [4.69, 9.17) is 0 Å².